The highest BCUT2D eigenvalue weighted by Crippen LogP contribution is 2.12. The third-order valence-corrected chi connectivity index (χ3v) is 2.95. The van der Waals surface area contributed by atoms with Crippen molar-refractivity contribution in [1.82, 2.24) is 0 Å². The molecule has 0 saturated heterocycles. The van der Waals surface area contributed by atoms with Crippen LogP contribution in [0.5, 0.6) is 0 Å². The fraction of sp³-hybridized carbons (Fsp3) is 0.333. The first-order chi connectivity index (χ1) is 9.16. The first-order valence-electron chi connectivity index (χ1n) is 6.20. The quantitative estimate of drug-likeness (QED) is 0.763. The van der Waals surface area contributed by atoms with Gasteiger partial charge in [0.1, 0.15) is 6.54 Å². The summed E-state index contributed by atoms with van der Waals surface area (Å²) in [6.45, 7) is 5.02. The van der Waals surface area contributed by atoms with Crippen LogP contribution in [0, 0.1) is 0 Å². The predicted octanol–water partition coefficient (Wildman–Crippen LogP) is 2.49. The largest absolute Gasteiger partial charge is 0.406 e. The maximum atomic E-state index is 11.0. The first kappa shape index (κ1) is 13.5. The Morgan fingerprint density at radius 2 is 2.05 bits per heavy atom. The number of carbonyl (C=O) groups excluding carboxylic acids is 1. The van der Waals surface area contributed by atoms with Gasteiger partial charge in [0.05, 0.1) is 13.2 Å². The van der Waals surface area contributed by atoms with E-state index in [1.807, 2.05) is 44.2 Å². The van der Waals surface area contributed by atoms with Crippen LogP contribution in [-0.2, 0) is 20.9 Å². The molecule has 0 fully saturated rings. The SMILES string of the molecule is C/C(COCc1ccccc1)=C(/C)C1=NCC(=O)O1. The molecule has 0 radical (unpaired) electrons. The van der Waals surface area contributed by atoms with Crippen molar-refractivity contribution in [1.29, 1.82) is 0 Å². The summed E-state index contributed by atoms with van der Waals surface area (Å²) >= 11 is 0. The van der Waals surface area contributed by atoms with Crippen LogP contribution in [0.2, 0.25) is 0 Å². The molecule has 0 spiro atoms. The van der Waals surface area contributed by atoms with Crippen molar-refractivity contribution in [2.45, 2.75) is 20.5 Å². The Bertz CT molecular complexity index is 517. The van der Waals surface area contributed by atoms with Gasteiger partial charge >= 0.3 is 5.97 Å². The first-order valence-corrected chi connectivity index (χ1v) is 6.20. The maximum Gasteiger partial charge on any atom is 0.334 e. The average Bonchev–Trinajstić information content (AvgIpc) is 2.85. The summed E-state index contributed by atoms with van der Waals surface area (Å²) < 4.78 is 10.6. The Morgan fingerprint density at radius 1 is 1.32 bits per heavy atom. The van der Waals surface area contributed by atoms with Gasteiger partial charge in [-0.1, -0.05) is 30.3 Å². The second-order valence-corrected chi connectivity index (χ2v) is 4.48. The van der Waals surface area contributed by atoms with Gasteiger partial charge in [-0.3, -0.25) is 0 Å². The molecule has 0 atom stereocenters. The molecule has 0 aromatic heterocycles. The highest BCUT2D eigenvalue weighted by atomic mass is 16.6. The molecule has 1 aliphatic rings. The molecule has 100 valence electrons. The van der Waals surface area contributed by atoms with Crippen LogP contribution in [0.3, 0.4) is 0 Å². The lowest BCUT2D eigenvalue weighted by Crippen LogP contribution is -2.09. The maximum absolute atomic E-state index is 11.0. The summed E-state index contributed by atoms with van der Waals surface area (Å²) in [6, 6.07) is 9.99. The molecular formula is C15H17NO3. The summed E-state index contributed by atoms with van der Waals surface area (Å²) in [7, 11) is 0. The van der Waals surface area contributed by atoms with Crippen LogP contribution in [0.4, 0.5) is 0 Å². The van der Waals surface area contributed by atoms with E-state index in [4.69, 9.17) is 9.47 Å². The van der Waals surface area contributed by atoms with E-state index in [0.717, 1.165) is 16.7 Å². The fourth-order valence-electron chi connectivity index (χ4n) is 1.69. The second kappa shape index (κ2) is 6.29. The van der Waals surface area contributed by atoms with Gasteiger partial charge in [0.25, 0.3) is 0 Å². The molecule has 0 amide bonds. The number of rotatable bonds is 5. The van der Waals surface area contributed by atoms with Gasteiger partial charge in [-0.05, 0) is 25.0 Å². The molecule has 4 heteroatoms. The topological polar surface area (TPSA) is 47.9 Å². The van der Waals surface area contributed by atoms with Crippen molar-refractivity contribution < 1.29 is 14.3 Å². The number of hydrogen-bond donors (Lipinski definition) is 0. The summed E-state index contributed by atoms with van der Waals surface area (Å²) in [5, 5.41) is 0. The van der Waals surface area contributed by atoms with E-state index in [-0.39, 0.29) is 12.5 Å². The van der Waals surface area contributed by atoms with Crippen LogP contribution >= 0.6 is 0 Å². The summed E-state index contributed by atoms with van der Waals surface area (Å²) in [5.41, 5.74) is 3.03. The Balaban J connectivity index is 1.87. The Morgan fingerprint density at radius 3 is 2.68 bits per heavy atom. The third kappa shape index (κ3) is 3.76. The fourth-order valence-corrected chi connectivity index (χ4v) is 1.69. The Kier molecular flexibility index (Phi) is 4.47. The van der Waals surface area contributed by atoms with Crippen LogP contribution in [0.15, 0.2) is 46.5 Å². The molecule has 0 N–H and O–H groups in total. The zero-order valence-corrected chi connectivity index (χ0v) is 11.2. The van der Waals surface area contributed by atoms with Crippen LogP contribution in [0.1, 0.15) is 19.4 Å². The molecule has 2 rings (SSSR count). The predicted molar refractivity (Wildman–Crippen MR) is 72.9 cm³/mol. The average molecular weight is 259 g/mol. The number of ether oxygens (including phenoxy) is 2. The normalized spacial score (nSPS) is 15.9. The highest BCUT2D eigenvalue weighted by molar-refractivity contribution is 6.04. The highest BCUT2D eigenvalue weighted by Gasteiger charge is 2.18. The minimum Gasteiger partial charge on any atom is -0.406 e. The number of hydrogen-bond acceptors (Lipinski definition) is 4. The van der Waals surface area contributed by atoms with Crippen molar-refractivity contribution in [2.75, 3.05) is 13.2 Å². The van der Waals surface area contributed by atoms with Gasteiger partial charge in [0.2, 0.25) is 5.90 Å². The zero-order chi connectivity index (χ0) is 13.7. The van der Waals surface area contributed by atoms with Crippen molar-refractivity contribution in [3.63, 3.8) is 0 Å². The van der Waals surface area contributed by atoms with Gasteiger partial charge in [-0.15, -0.1) is 0 Å². The van der Waals surface area contributed by atoms with Gasteiger partial charge in [0.15, 0.2) is 0 Å². The van der Waals surface area contributed by atoms with E-state index in [0.29, 0.717) is 19.1 Å². The van der Waals surface area contributed by atoms with E-state index in [2.05, 4.69) is 4.99 Å². The van der Waals surface area contributed by atoms with Gasteiger partial charge < -0.3 is 9.47 Å². The number of benzene rings is 1. The van der Waals surface area contributed by atoms with E-state index in [1.54, 1.807) is 0 Å². The molecule has 1 aromatic rings. The molecule has 4 nitrogen and oxygen atoms in total. The van der Waals surface area contributed by atoms with Gasteiger partial charge in [0, 0.05) is 5.57 Å². The number of cyclic esters (lactones) is 1. The van der Waals surface area contributed by atoms with Gasteiger partial charge in [-0.25, -0.2) is 9.79 Å². The minimum atomic E-state index is -0.299. The third-order valence-electron chi connectivity index (χ3n) is 2.95. The van der Waals surface area contributed by atoms with E-state index in [1.165, 1.54) is 0 Å². The number of carbonyl (C=O) groups is 1. The molecule has 1 aliphatic heterocycles. The smallest absolute Gasteiger partial charge is 0.334 e. The molecule has 1 aromatic carbocycles. The Hall–Kier alpha value is -1.94. The Labute approximate surface area is 112 Å². The zero-order valence-electron chi connectivity index (χ0n) is 11.2. The summed E-state index contributed by atoms with van der Waals surface area (Å²) in [4.78, 5) is 15.0. The number of aliphatic imine (C=N–C) groups is 1. The van der Waals surface area contributed by atoms with E-state index < -0.39 is 0 Å². The molecular weight excluding hydrogens is 242 g/mol. The van der Waals surface area contributed by atoms with Crippen LogP contribution in [0.25, 0.3) is 0 Å². The lowest BCUT2D eigenvalue weighted by Gasteiger charge is -2.08. The van der Waals surface area contributed by atoms with Gasteiger partial charge in [-0.2, -0.15) is 0 Å². The molecule has 0 unspecified atom stereocenters. The van der Waals surface area contributed by atoms with Crippen molar-refractivity contribution in [3.8, 4) is 0 Å². The summed E-state index contributed by atoms with van der Waals surface area (Å²) in [5.74, 6) is 0.123. The second-order valence-electron chi connectivity index (χ2n) is 4.48. The standard InChI is InChI=1S/C15H17NO3/c1-11(12(2)15-16-8-14(17)19-15)9-18-10-13-6-4-3-5-7-13/h3-7H,8-10H2,1-2H3/b12-11+. The minimum absolute atomic E-state index is 0.116. The number of esters is 1. The number of nitrogens with zero attached hydrogens (tertiary/aromatic N) is 1. The lowest BCUT2D eigenvalue weighted by atomic mass is 10.1. The molecule has 19 heavy (non-hydrogen) atoms. The monoisotopic (exact) mass is 259 g/mol. The van der Waals surface area contributed by atoms with E-state index in [9.17, 15) is 4.79 Å². The van der Waals surface area contributed by atoms with Crippen molar-refractivity contribution >= 4 is 11.9 Å². The van der Waals surface area contributed by atoms with Crippen LogP contribution < -0.4 is 0 Å². The van der Waals surface area contributed by atoms with Crippen molar-refractivity contribution in [2.24, 2.45) is 4.99 Å². The van der Waals surface area contributed by atoms with E-state index >= 15 is 0 Å². The molecule has 0 aliphatic carbocycles. The molecule has 0 bridgehead atoms. The molecule has 1 heterocycles. The lowest BCUT2D eigenvalue weighted by molar-refractivity contribution is -0.132. The van der Waals surface area contributed by atoms with Crippen molar-refractivity contribution in [3.05, 3.63) is 47.0 Å². The molecule has 0 saturated carbocycles. The summed E-state index contributed by atoms with van der Waals surface area (Å²) in [6.07, 6.45) is 0. The van der Waals surface area contributed by atoms with Crippen LogP contribution in [-0.4, -0.2) is 25.0 Å².